The normalized spacial score (nSPS) is 48.7. The maximum Gasteiger partial charge on any atom is 0.229 e. The minimum Gasteiger partial charge on any atom is -0.393 e. The Kier molecular flexibility index (Phi) is 8.37. The molecule has 4 saturated carbocycles. The standard InChI is InChI=1S/C38H60N4O7/c1-33(2)14-15-38(32(48)39-18-21-19-42(41-40-21)31-30(47)29(46)24(43)20-49-31)23(16-33)22-8-9-26-35(5)12-11-27(44)34(3,4)25(35)10-13-36(26,6)37(22,7)17-28(38)45/h8,19,23-31,43-47H,9-18,20H2,1-7H3,(H,39,48)/t23-,24+,25-,26+,27-,28+,29+,30-,31+,35-,36+,37+,38+/m0/s1. The highest BCUT2D eigenvalue weighted by Gasteiger charge is 2.71. The molecule has 6 aliphatic rings. The number of ether oxygens (including phenoxy) is 1. The summed E-state index contributed by atoms with van der Waals surface area (Å²) in [4.78, 5) is 14.6. The monoisotopic (exact) mass is 684 g/mol. The van der Waals surface area contributed by atoms with Crippen LogP contribution in [0.25, 0.3) is 0 Å². The third-order valence-electron chi connectivity index (χ3n) is 15.8. The van der Waals surface area contributed by atoms with Crippen molar-refractivity contribution in [2.45, 2.75) is 150 Å². The molecule has 13 atom stereocenters. The average Bonchev–Trinajstić information content (AvgIpc) is 3.49. The first-order chi connectivity index (χ1) is 22.8. The van der Waals surface area contributed by atoms with Crippen molar-refractivity contribution in [3.05, 3.63) is 23.5 Å². The second-order valence-electron chi connectivity index (χ2n) is 19.0. The zero-order chi connectivity index (χ0) is 35.5. The summed E-state index contributed by atoms with van der Waals surface area (Å²) in [5.41, 5.74) is 0.559. The fourth-order valence-electron chi connectivity index (χ4n) is 12.6. The SMILES string of the molecule is CC1(C)CC[C@]2(C(=O)NCc3cn([C@@H]4OC[C@@H](O)[C@@H](O)[C@@H]4O)nn3)[C@H](O)C[C@]3(C)C(=CC[C@@H]4[C@@]5(C)CC[C@H](O)C(C)(C)[C@@H]5CC[C@]43C)[C@@H]2C1. The summed E-state index contributed by atoms with van der Waals surface area (Å²) in [6.45, 7) is 16.4. The Labute approximate surface area is 290 Å². The van der Waals surface area contributed by atoms with E-state index in [1.165, 1.54) is 10.3 Å². The first kappa shape index (κ1) is 35.5. The van der Waals surface area contributed by atoms with Crippen molar-refractivity contribution >= 4 is 5.91 Å². The van der Waals surface area contributed by atoms with Gasteiger partial charge in [-0.15, -0.1) is 5.10 Å². The summed E-state index contributed by atoms with van der Waals surface area (Å²) in [6.07, 6.45) is 5.77. The molecule has 2 heterocycles. The van der Waals surface area contributed by atoms with Crippen LogP contribution in [0.15, 0.2) is 17.8 Å². The fraction of sp³-hybridized carbons (Fsp3) is 0.868. The van der Waals surface area contributed by atoms with E-state index in [2.05, 4.69) is 70.2 Å². The van der Waals surface area contributed by atoms with Gasteiger partial charge in [0.25, 0.3) is 0 Å². The van der Waals surface area contributed by atoms with E-state index in [0.29, 0.717) is 30.4 Å². The lowest BCUT2D eigenvalue weighted by molar-refractivity contribution is -0.215. The quantitative estimate of drug-likeness (QED) is 0.259. The molecule has 1 amide bonds. The van der Waals surface area contributed by atoms with Gasteiger partial charge < -0.3 is 35.6 Å². The summed E-state index contributed by atoms with van der Waals surface area (Å²) in [7, 11) is 0. The molecule has 1 aromatic rings. The van der Waals surface area contributed by atoms with Crippen molar-refractivity contribution in [3.8, 4) is 0 Å². The van der Waals surface area contributed by atoms with Gasteiger partial charge in [-0.3, -0.25) is 4.79 Å². The number of aliphatic hydroxyl groups is 5. The Morgan fingerprint density at radius 3 is 2.39 bits per heavy atom. The zero-order valence-electron chi connectivity index (χ0n) is 30.5. The van der Waals surface area contributed by atoms with Gasteiger partial charge in [0.15, 0.2) is 6.23 Å². The molecule has 274 valence electrons. The van der Waals surface area contributed by atoms with E-state index in [-0.39, 0.29) is 58.2 Å². The molecule has 49 heavy (non-hydrogen) atoms. The number of hydrogen-bond acceptors (Lipinski definition) is 9. The molecule has 0 spiro atoms. The summed E-state index contributed by atoms with van der Waals surface area (Å²) < 4.78 is 6.82. The van der Waals surface area contributed by atoms with Gasteiger partial charge in [-0.25, -0.2) is 4.68 Å². The molecular weight excluding hydrogens is 624 g/mol. The summed E-state index contributed by atoms with van der Waals surface area (Å²) >= 11 is 0. The van der Waals surface area contributed by atoms with Crippen LogP contribution < -0.4 is 5.32 Å². The topological polar surface area (TPSA) is 170 Å². The van der Waals surface area contributed by atoms with Crippen LogP contribution in [-0.2, 0) is 16.1 Å². The van der Waals surface area contributed by atoms with Gasteiger partial charge in [0.1, 0.15) is 24.0 Å². The number of aromatic nitrogens is 3. The summed E-state index contributed by atoms with van der Waals surface area (Å²) in [5, 5.41) is 65.3. The Morgan fingerprint density at radius 2 is 1.65 bits per heavy atom. The number of fused-ring (bicyclic) bond motifs is 7. The molecule has 0 aromatic carbocycles. The number of rotatable bonds is 4. The van der Waals surface area contributed by atoms with Crippen LogP contribution in [-0.4, -0.2) is 83.6 Å². The van der Waals surface area contributed by atoms with Crippen molar-refractivity contribution in [1.29, 1.82) is 0 Å². The van der Waals surface area contributed by atoms with Crippen molar-refractivity contribution in [1.82, 2.24) is 20.3 Å². The van der Waals surface area contributed by atoms with E-state index in [1.807, 2.05) is 0 Å². The molecule has 1 aromatic heterocycles. The molecule has 11 nitrogen and oxygen atoms in total. The van der Waals surface area contributed by atoms with Gasteiger partial charge in [0.2, 0.25) is 5.91 Å². The second-order valence-corrected chi connectivity index (χ2v) is 19.0. The predicted molar refractivity (Wildman–Crippen MR) is 181 cm³/mol. The Bertz CT molecular complexity index is 1490. The van der Waals surface area contributed by atoms with Crippen LogP contribution in [0.4, 0.5) is 0 Å². The molecule has 6 N–H and O–H groups in total. The van der Waals surface area contributed by atoms with Crippen LogP contribution >= 0.6 is 0 Å². The van der Waals surface area contributed by atoms with E-state index >= 15 is 0 Å². The number of aliphatic hydroxyl groups excluding tert-OH is 5. The van der Waals surface area contributed by atoms with E-state index < -0.39 is 36.1 Å². The number of amides is 1. The van der Waals surface area contributed by atoms with Gasteiger partial charge >= 0.3 is 0 Å². The van der Waals surface area contributed by atoms with Crippen molar-refractivity contribution in [3.63, 3.8) is 0 Å². The van der Waals surface area contributed by atoms with E-state index in [4.69, 9.17) is 4.74 Å². The Morgan fingerprint density at radius 1 is 0.918 bits per heavy atom. The Hall–Kier alpha value is -1.89. The van der Waals surface area contributed by atoms with Gasteiger partial charge in [0.05, 0.1) is 37.0 Å². The molecule has 0 bridgehead atoms. The zero-order valence-corrected chi connectivity index (χ0v) is 30.5. The first-order valence-electron chi connectivity index (χ1n) is 18.7. The van der Waals surface area contributed by atoms with Crippen LogP contribution in [0, 0.1) is 50.2 Å². The molecule has 7 rings (SSSR count). The maximum absolute atomic E-state index is 14.6. The summed E-state index contributed by atoms with van der Waals surface area (Å²) in [6, 6.07) is 0. The molecule has 0 unspecified atom stereocenters. The third-order valence-corrected chi connectivity index (χ3v) is 15.8. The lowest BCUT2D eigenvalue weighted by Crippen LogP contribution is -2.68. The molecule has 11 heteroatoms. The minimum absolute atomic E-state index is 0.0276. The van der Waals surface area contributed by atoms with Crippen molar-refractivity contribution in [2.24, 2.45) is 50.2 Å². The van der Waals surface area contributed by atoms with Gasteiger partial charge in [-0.1, -0.05) is 65.3 Å². The van der Waals surface area contributed by atoms with Crippen molar-refractivity contribution in [2.75, 3.05) is 6.61 Å². The van der Waals surface area contributed by atoms with Crippen LogP contribution in [0.1, 0.15) is 118 Å². The highest BCUT2D eigenvalue weighted by Crippen LogP contribution is 2.75. The smallest absolute Gasteiger partial charge is 0.229 e. The van der Waals surface area contributed by atoms with E-state index in [1.54, 1.807) is 6.20 Å². The van der Waals surface area contributed by atoms with Gasteiger partial charge in [0, 0.05) is 0 Å². The maximum atomic E-state index is 14.6. The van der Waals surface area contributed by atoms with Gasteiger partial charge in [-0.2, -0.15) is 0 Å². The number of carbonyl (C=O) groups is 1. The lowest BCUT2D eigenvalue weighted by Gasteiger charge is -2.71. The van der Waals surface area contributed by atoms with Crippen LogP contribution in [0.3, 0.4) is 0 Å². The number of carbonyl (C=O) groups excluding carboxylic acids is 1. The molecule has 5 aliphatic carbocycles. The molecule has 0 radical (unpaired) electrons. The first-order valence-corrected chi connectivity index (χ1v) is 18.7. The summed E-state index contributed by atoms with van der Waals surface area (Å²) in [5.74, 6) is 0.627. The average molecular weight is 685 g/mol. The molecule has 1 aliphatic heterocycles. The van der Waals surface area contributed by atoms with Crippen LogP contribution in [0.5, 0.6) is 0 Å². The largest absolute Gasteiger partial charge is 0.393 e. The fourth-order valence-corrected chi connectivity index (χ4v) is 12.6. The second kappa shape index (κ2) is 11.6. The number of allylic oxidation sites excluding steroid dienone is 2. The van der Waals surface area contributed by atoms with Crippen LogP contribution in [0.2, 0.25) is 0 Å². The Balaban J connectivity index is 1.17. The van der Waals surface area contributed by atoms with E-state index in [0.717, 1.165) is 44.9 Å². The van der Waals surface area contributed by atoms with Gasteiger partial charge in [-0.05, 0) is 103 Å². The highest BCUT2D eigenvalue weighted by atomic mass is 16.5. The highest BCUT2D eigenvalue weighted by molar-refractivity contribution is 5.85. The minimum atomic E-state index is -1.39. The van der Waals surface area contributed by atoms with Crippen molar-refractivity contribution < 1.29 is 35.1 Å². The third kappa shape index (κ3) is 4.99. The number of nitrogens with one attached hydrogen (secondary N) is 1. The molecular formula is C38H60N4O7. The number of nitrogens with zero attached hydrogens (tertiary/aromatic N) is 3. The predicted octanol–water partition coefficient (Wildman–Crippen LogP) is 3.64. The number of hydrogen-bond donors (Lipinski definition) is 6. The van der Waals surface area contributed by atoms with E-state index in [9.17, 15) is 30.3 Å². The molecule has 1 saturated heterocycles. The molecule has 5 fully saturated rings. The lowest BCUT2D eigenvalue weighted by atomic mass is 9.33.